The van der Waals surface area contributed by atoms with E-state index in [1.807, 2.05) is 0 Å². The lowest BCUT2D eigenvalue weighted by Gasteiger charge is -2.43. The van der Waals surface area contributed by atoms with Crippen molar-refractivity contribution < 1.29 is 5.11 Å². The Morgan fingerprint density at radius 1 is 1.16 bits per heavy atom. The summed E-state index contributed by atoms with van der Waals surface area (Å²) in [5.41, 5.74) is 0.289. The smallest absolute Gasteiger partial charge is 0.0446 e. The molecule has 2 N–H and O–H groups in total. The summed E-state index contributed by atoms with van der Waals surface area (Å²) in [5, 5.41) is 12.7. The summed E-state index contributed by atoms with van der Waals surface area (Å²) in [6, 6.07) is 0.436. The van der Waals surface area contributed by atoms with Crippen molar-refractivity contribution >= 4 is 0 Å². The van der Waals surface area contributed by atoms with Gasteiger partial charge in [0, 0.05) is 50.9 Å². The van der Waals surface area contributed by atoms with Crippen molar-refractivity contribution in [3.63, 3.8) is 0 Å². The number of nitrogens with one attached hydrogen (secondary N) is 1. The first-order valence-electron chi connectivity index (χ1n) is 7.79. The lowest BCUT2D eigenvalue weighted by Crippen LogP contribution is -2.55. The Hall–Kier alpha value is -0.160. The van der Waals surface area contributed by atoms with Crippen molar-refractivity contribution in [2.75, 3.05) is 45.9 Å². The molecule has 0 radical (unpaired) electrons. The van der Waals surface area contributed by atoms with Crippen LogP contribution in [0.3, 0.4) is 0 Å². The minimum atomic E-state index is 0.281. The second-order valence-electron chi connectivity index (χ2n) is 6.62. The number of hydrogen-bond acceptors (Lipinski definition) is 4. The lowest BCUT2D eigenvalue weighted by molar-refractivity contribution is 0.0565. The van der Waals surface area contributed by atoms with Gasteiger partial charge in [-0.25, -0.2) is 0 Å². The minimum Gasteiger partial charge on any atom is -0.396 e. The van der Waals surface area contributed by atoms with Gasteiger partial charge < -0.3 is 10.4 Å². The number of rotatable bonds is 7. The summed E-state index contributed by atoms with van der Waals surface area (Å²) in [7, 11) is 0. The van der Waals surface area contributed by atoms with Gasteiger partial charge in [-0.3, -0.25) is 9.80 Å². The average molecular weight is 271 g/mol. The fourth-order valence-electron chi connectivity index (χ4n) is 2.68. The van der Waals surface area contributed by atoms with E-state index in [1.54, 1.807) is 0 Å². The van der Waals surface area contributed by atoms with Crippen LogP contribution in [0, 0.1) is 0 Å². The van der Waals surface area contributed by atoms with Gasteiger partial charge in [-0.2, -0.15) is 0 Å². The molecule has 1 aliphatic rings. The molecule has 1 aliphatic heterocycles. The number of nitrogens with zero attached hydrogens (tertiary/aromatic N) is 2. The standard InChI is InChI=1S/C15H33N3O/c1-5-7-16-14(6-12-19)13-17-8-10-18(11-9-17)15(2,3)4/h14,16,19H,5-13H2,1-4H3. The minimum absolute atomic E-state index is 0.281. The van der Waals surface area contributed by atoms with Crippen molar-refractivity contribution in [3.05, 3.63) is 0 Å². The van der Waals surface area contributed by atoms with Crippen LogP contribution in [0.4, 0.5) is 0 Å². The Balaban J connectivity index is 2.33. The Bertz CT molecular complexity index is 232. The topological polar surface area (TPSA) is 38.7 Å². The van der Waals surface area contributed by atoms with E-state index in [-0.39, 0.29) is 12.1 Å². The van der Waals surface area contributed by atoms with E-state index in [1.165, 1.54) is 0 Å². The van der Waals surface area contributed by atoms with Crippen LogP contribution in [-0.2, 0) is 0 Å². The van der Waals surface area contributed by atoms with E-state index in [0.717, 1.165) is 52.1 Å². The highest BCUT2D eigenvalue weighted by atomic mass is 16.3. The summed E-state index contributed by atoms with van der Waals surface area (Å²) < 4.78 is 0. The van der Waals surface area contributed by atoms with Gasteiger partial charge in [0.2, 0.25) is 0 Å². The van der Waals surface area contributed by atoms with Crippen LogP contribution >= 0.6 is 0 Å². The second kappa shape index (κ2) is 8.20. The summed E-state index contributed by atoms with van der Waals surface area (Å²) >= 11 is 0. The predicted octanol–water partition coefficient (Wildman–Crippen LogP) is 1.15. The van der Waals surface area contributed by atoms with Crippen molar-refractivity contribution in [1.29, 1.82) is 0 Å². The van der Waals surface area contributed by atoms with Crippen molar-refractivity contribution in [1.82, 2.24) is 15.1 Å². The Labute approximate surface area is 119 Å². The highest BCUT2D eigenvalue weighted by molar-refractivity contribution is 4.83. The van der Waals surface area contributed by atoms with Crippen LogP contribution in [0.2, 0.25) is 0 Å². The molecule has 19 heavy (non-hydrogen) atoms. The van der Waals surface area contributed by atoms with Crippen molar-refractivity contribution in [2.24, 2.45) is 0 Å². The van der Waals surface area contributed by atoms with E-state index in [4.69, 9.17) is 5.11 Å². The van der Waals surface area contributed by atoms with Crippen LogP contribution in [0.1, 0.15) is 40.5 Å². The maximum absolute atomic E-state index is 9.15. The van der Waals surface area contributed by atoms with E-state index in [0.29, 0.717) is 6.04 Å². The molecule has 1 rings (SSSR count). The normalized spacial score (nSPS) is 20.7. The molecule has 0 aromatic carbocycles. The SMILES string of the molecule is CCCNC(CCO)CN1CCN(C(C)(C)C)CC1. The first kappa shape index (κ1) is 16.9. The Kier molecular flexibility index (Phi) is 7.29. The quantitative estimate of drug-likeness (QED) is 0.729. The number of aliphatic hydroxyl groups excluding tert-OH is 1. The molecular formula is C15H33N3O. The molecule has 0 saturated carbocycles. The number of aliphatic hydroxyl groups is 1. The molecule has 1 unspecified atom stereocenters. The van der Waals surface area contributed by atoms with Gasteiger partial charge in [0.1, 0.15) is 0 Å². The fraction of sp³-hybridized carbons (Fsp3) is 1.00. The molecular weight excluding hydrogens is 238 g/mol. The van der Waals surface area contributed by atoms with Crippen LogP contribution < -0.4 is 5.32 Å². The molecule has 0 aliphatic carbocycles. The first-order valence-corrected chi connectivity index (χ1v) is 7.79. The summed E-state index contributed by atoms with van der Waals surface area (Å²) in [5.74, 6) is 0. The first-order chi connectivity index (χ1) is 8.97. The molecule has 0 aromatic heterocycles. The van der Waals surface area contributed by atoms with Gasteiger partial charge in [0.15, 0.2) is 0 Å². The summed E-state index contributed by atoms with van der Waals surface area (Å²) in [6.45, 7) is 16.1. The molecule has 0 amide bonds. The summed E-state index contributed by atoms with van der Waals surface area (Å²) in [6.07, 6.45) is 2.01. The van der Waals surface area contributed by atoms with Crippen LogP contribution in [0.25, 0.3) is 0 Å². The second-order valence-corrected chi connectivity index (χ2v) is 6.62. The average Bonchev–Trinajstić information content (AvgIpc) is 2.36. The third-order valence-corrected chi connectivity index (χ3v) is 3.96. The molecule has 4 nitrogen and oxygen atoms in total. The van der Waals surface area contributed by atoms with Gasteiger partial charge in [-0.15, -0.1) is 0 Å². The van der Waals surface area contributed by atoms with Crippen LogP contribution in [-0.4, -0.2) is 72.4 Å². The van der Waals surface area contributed by atoms with E-state index in [2.05, 4.69) is 42.8 Å². The molecule has 0 aromatic rings. The zero-order chi connectivity index (χ0) is 14.3. The highest BCUT2D eigenvalue weighted by Crippen LogP contribution is 2.16. The molecule has 1 heterocycles. The molecule has 4 heteroatoms. The van der Waals surface area contributed by atoms with Crippen molar-refractivity contribution in [3.8, 4) is 0 Å². The van der Waals surface area contributed by atoms with Crippen LogP contribution in [0.5, 0.6) is 0 Å². The third kappa shape index (κ3) is 6.21. The third-order valence-electron chi connectivity index (χ3n) is 3.96. The van der Waals surface area contributed by atoms with Gasteiger partial charge in [0.05, 0.1) is 0 Å². The number of hydrogen-bond donors (Lipinski definition) is 2. The Morgan fingerprint density at radius 2 is 1.79 bits per heavy atom. The fourth-order valence-corrected chi connectivity index (χ4v) is 2.68. The lowest BCUT2D eigenvalue weighted by atomic mass is 10.0. The summed E-state index contributed by atoms with van der Waals surface area (Å²) in [4.78, 5) is 5.09. The molecule has 1 saturated heterocycles. The highest BCUT2D eigenvalue weighted by Gasteiger charge is 2.26. The zero-order valence-corrected chi connectivity index (χ0v) is 13.3. The van der Waals surface area contributed by atoms with Crippen molar-refractivity contribution in [2.45, 2.75) is 52.1 Å². The predicted molar refractivity (Wildman–Crippen MR) is 81.6 cm³/mol. The molecule has 1 atom stereocenters. The zero-order valence-electron chi connectivity index (χ0n) is 13.3. The van der Waals surface area contributed by atoms with Crippen LogP contribution in [0.15, 0.2) is 0 Å². The van der Waals surface area contributed by atoms with E-state index >= 15 is 0 Å². The van der Waals surface area contributed by atoms with Gasteiger partial charge >= 0.3 is 0 Å². The maximum atomic E-state index is 9.15. The van der Waals surface area contributed by atoms with Gasteiger partial charge in [0.25, 0.3) is 0 Å². The maximum Gasteiger partial charge on any atom is 0.0446 e. The molecule has 0 bridgehead atoms. The number of piperazine rings is 1. The van der Waals surface area contributed by atoms with Gasteiger partial charge in [-0.1, -0.05) is 6.92 Å². The van der Waals surface area contributed by atoms with E-state index in [9.17, 15) is 0 Å². The molecule has 0 spiro atoms. The van der Waals surface area contributed by atoms with E-state index < -0.39 is 0 Å². The molecule has 1 fully saturated rings. The monoisotopic (exact) mass is 271 g/mol. The van der Waals surface area contributed by atoms with Gasteiger partial charge in [-0.05, 0) is 40.2 Å². The Morgan fingerprint density at radius 3 is 2.26 bits per heavy atom. The largest absolute Gasteiger partial charge is 0.396 e. The molecule has 114 valence electrons.